The minimum absolute atomic E-state index is 0. The predicted molar refractivity (Wildman–Crippen MR) is 184 cm³/mol. The van der Waals surface area contributed by atoms with Crippen LogP contribution in [-0.2, 0) is 11.2 Å². The zero-order valence-electron chi connectivity index (χ0n) is 28.1. The molecule has 0 saturated heterocycles. The largest absolute Gasteiger partial charge is 0.487 e. The van der Waals surface area contributed by atoms with E-state index in [-0.39, 0.29) is 36.4 Å². The molecule has 1 aliphatic rings. The number of hydrogen-bond donors (Lipinski definition) is 2. The Morgan fingerprint density at radius 3 is 1.98 bits per heavy atom. The first-order chi connectivity index (χ1) is 18.9. The summed E-state index contributed by atoms with van der Waals surface area (Å²) in [5.74, 6) is 3.75. The summed E-state index contributed by atoms with van der Waals surface area (Å²) in [5.41, 5.74) is 15.8. The maximum absolute atomic E-state index is 12.7. The Kier molecular flexibility index (Phi) is 19.6. The summed E-state index contributed by atoms with van der Waals surface area (Å²) in [6.45, 7) is 18.6. The lowest BCUT2D eigenvalue weighted by Crippen LogP contribution is -2.37. The van der Waals surface area contributed by atoms with Crippen LogP contribution in [0.3, 0.4) is 0 Å². The van der Waals surface area contributed by atoms with Crippen LogP contribution in [-0.4, -0.2) is 24.2 Å². The Hall–Kier alpha value is -1.01. The molecule has 0 spiro atoms. The van der Waals surface area contributed by atoms with Gasteiger partial charge in [0.2, 0.25) is 0 Å². The molecule has 1 heterocycles. The fourth-order valence-electron chi connectivity index (χ4n) is 6.22. The van der Waals surface area contributed by atoms with Gasteiger partial charge in [0, 0.05) is 5.56 Å². The van der Waals surface area contributed by atoms with E-state index in [0.29, 0.717) is 18.7 Å². The Bertz CT molecular complexity index is 940. The third-order valence-electron chi connectivity index (χ3n) is 9.31. The number of esters is 1. The quantitative estimate of drug-likeness (QED) is 0.0958. The van der Waals surface area contributed by atoms with Crippen LogP contribution in [0.25, 0.3) is 0 Å². The molecule has 1 aromatic carbocycles. The SMILES string of the molecule is Cc1c(C)c2c(c(C)c1OC(=O)[C@@H](N)CCCCN)CC[C@@](C)(CCC[C@H](C)CCC[C@H](C)CCCC(C)C)O2.Cl.Cl. The highest BCUT2D eigenvalue weighted by atomic mass is 35.5. The van der Waals surface area contributed by atoms with Crippen molar-refractivity contribution in [2.24, 2.45) is 29.2 Å². The van der Waals surface area contributed by atoms with Crippen molar-refractivity contribution in [2.75, 3.05) is 6.54 Å². The van der Waals surface area contributed by atoms with Crippen molar-refractivity contribution in [2.45, 2.75) is 157 Å². The Morgan fingerprint density at radius 2 is 1.40 bits per heavy atom. The molecule has 5 nitrogen and oxygen atoms in total. The van der Waals surface area contributed by atoms with Gasteiger partial charge in [-0.1, -0.05) is 79.1 Å². The summed E-state index contributed by atoms with van der Waals surface area (Å²) in [5, 5.41) is 0. The van der Waals surface area contributed by atoms with Gasteiger partial charge in [0.15, 0.2) is 0 Å². The van der Waals surface area contributed by atoms with Crippen molar-refractivity contribution >= 4 is 30.8 Å². The molecule has 0 unspecified atom stereocenters. The average molecular weight is 632 g/mol. The summed E-state index contributed by atoms with van der Waals surface area (Å²) in [6.07, 6.45) is 16.0. The number of carbonyl (C=O) groups is 1. The van der Waals surface area contributed by atoms with Crippen LogP contribution in [0.1, 0.15) is 140 Å². The van der Waals surface area contributed by atoms with Crippen LogP contribution in [0, 0.1) is 38.5 Å². The molecule has 0 saturated carbocycles. The van der Waals surface area contributed by atoms with Gasteiger partial charge in [0.05, 0.1) is 0 Å². The minimum atomic E-state index is -0.623. The number of hydrogen-bond acceptors (Lipinski definition) is 5. The normalized spacial score (nSPS) is 18.3. The number of nitrogens with two attached hydrogens (primary N) is 2. The molecule has 0 aliphatic carbocycles. The molecule has 0 aromatic heterocycles. The molecule has 42 heavy (non-hydrogen) atoms. The molecule has 246 valence electrons. The third-order valence-corrected chi connectivity index (χ3v) is 9.31. The molecule has 1 aliphatic heterocycles. The van der Waals surface area contributed by atoms with E-state index in [1.165, 1.54) is 56.9 Å². The highest BCUT2D eigenvalue weighted by molar-refractivity contribution is 5.85. The van der Waals surface area contributed by atoms with Gasteiger partial charge in [0.1, 0.15) is 23.1 Å². The van der Waals surface area contributed by atoms with Crippen molar-refractivity contribution in [1.29, 1.82) is 0 Å². The van der Waals surface area contributed by atoms with Crippen LogP contribution in [0.5, 0.6) is 11.5 Å². The Balaban J connectivity index is 0.00000840. The molecular weight excluding hydrogens is 567 g/mol. The second kappa shape index (κ2) is 20.1. The summed E-state index contributed by atoms with van der Waals surface area (Å²) in [4.78, 5) is 12.7. The number of rotatable bonds is 18. The van der Waals surface area contributed by atoms with E-state index in [9.17, 15) is 4.79 Å². The number of unbranched alkanes of at least 4 members (excludes halogenated alkanes) is 1. The van der Waals surface area contributed by atoms with Gasteiger partial charge in [-0.15, -0.1) is 24.8 Å². The third kappa shape index (κ3) is 12.9. The van der Waals surface area contributed by atoms with Gasteiger partial charge < -0.3 is 20.9 Å². The molecule has 1 aromatic rings. The van der Waals surface area contributed by atoms with Gasteiger partial charge >= 0.3 is 5.97 Å². The fourth-order valence-corrected chi connectivity index (χ4v) is 6.22. The highest BCUT2D eigenvalue weighted by Gasteiger charge is 2.35. The predicted octanol–water partition coefficient (Wildman–Crippen LogP) is 9.34. The Morgan fingerprint density at radius 1 is 0.833 bits per heavy atom. The smallest absolute Gasteiger partial charge is 0.328 e. The van der Waals surface area contributed by atoms with E-state index in [1.54, 1.807) is 0 Å². The van der Waals surface area contributed by atoms with E-state index < -0.39 is 6.04 Å². The number of carbonyl (C=O) groups excluding carboxylic acids is 1. The number of benzene rings is 1. The summed E-state index contributed by atoms with van der Waals surface area (Å²) >= 11 is 0. The zero-order chi connectivity index (χ0) is 29.9. The molecule has 0 fully saturated rings. The maximum Gasteiger partial charge on any atom is 0.328 e. The average Bonchev–Trinajstić information content (AvgIpc) is 2.89. The lowest BCUT2D eigenvalue weighted by atomic mass is 9.83. The van der Waals surface area contributed by atoms with E-state index in [2.05, 4.69) is 41.5 Å². The van der Waals surface area contributed by atoms with Gasteiger partial charge in [-0.2, -0.15) is 0 Å². The van der Waals surface area contributed by atoms with Crippen LogP contribution in [0.15, 0.2) is 0 Å². The molecular formula is C35H64Cl2N2O3. The standard InChI is InChI=1S/C35H62N2O3.2ClH/c1-24(2)14-11-15-25(3)16-12-17-26(4)18-13-21-35(8)22-20-30-29(7)32(27(5)28(6)33(30)40-35)39-34(38)31(37)19-9-10-23-36;;/h24-26,31H,9-23,36-37H2,1-8H3;2*1H/t25-,26-,31+,35-;;/m1../s1. The van der Waals surface area contributed by atoms with Crippen LogP contribution in [0.4, 0.5) is 0 Å². The van der Waals surface area contributed by atoms with E-state index >= 15 is 0 Å². The van der Waals surface area contributed by atoms with Gasteiger partial charge in [-0.25, -0.2) is 4.79 Å². The maximum atomic E-state index is 12.7. The molecule has 0 bridgehead atoms. The van der Waals surface area contributed by atoms with E-state index in [0.717, 1.165) is 72.3 Å². The topological polar surface area (TPSA) is 87.6 Å². The first-order valence-electron chi connectivity index (χ1n) is 16.4. The monoisotopic (exact) mass is 630 g/mol. The minimum Gasteiger partial charge on any atom is -0.487 e. The second-order valence-corrected chi connectivity index (χ2v) is 13.7. The van der Waals surface area contributed by atoms with E-state index in [1.807, 2.05) is 13.8 Å². The van der Waals surface area contributed by atoms with Crippen molar-refractivity contribution in [3.63, 3.8) is 0 Å². The van der Waals surface area contributed by atoms with Crippen molar-refractivity contribution in [3.05, 3.63) is 22.3 Å². The van der Waals surface area contributed by atoms with Gasteiger partial charge in [0.25, 0.3) is 0 Å². The molecule has 2 rings (SSSR count). The van der Waals surface area contributed by atoms with Crippen LogP contribution >= 0.6 is 24.8 Å². The van der Waals surface area contributed by atoms with Crippen LogP contribution < -0.4 is 20.9 Å². The number of halogens is 2. The summed E-state index contributed by atoms with van der Waals surface area (Å²) in [6, 6.07) is -0.623. The lowest BCUT2D eigenvalue weighted by Gasteiger charge is -2.38. The van der Waals surface area contributed by atoms with Gasteiger partial charge in [-0.3, -0.25) is 0 Å². The van der Waals surface area contributed by atoms with Gasteiger partial charge in [-0.05, 0) is 107 Å². The second-order valence-electron chi connectivity index (χ2n) is 13.7. The summed E-state index contributed by atoms with van der Waals surface area (Å²) in [7, 11) is 0. The molecule has 4 atom stereocenters. The number of ether oxygens (including phenoxy) is 2. The first-order valence-corrected chi connectivity index (χ1v) is 16.4. The fraction of sp³-hybridized carbons (Fsp3) is 0.800. The molecule has 7 heteroatoms. The summed E-state index contributed by atoms with van der Waals surface area (Å²) < 4.78 is 12.6. The first kappa shape index (κ1) is 41.0. The zero-order valence-corrected chi connectivity index (χ0v) is 29.7. The lowest BCUT2D eigenvalue weighted by molar-refractivity contribution is -0.136. The highest BCUT2D eigenvalue weighted by Crippen LogP contribution is 2.45. The van der Waals surface area contributed by atoms with Crippen molar-refractivity contribution < 1.29 is 14.3 Å². The van der Waals surface area contributed by atoms with E-state index in [4.69, 9.17) is 20.9 Å². The van der Waals surface area contributed by atoms with Crippen LogP contribution in [0.2, 0.25) is 0 Å². The molecule has 4 N–H and O–H groups in total. The van der Waals surface area contributed by atoms with Crippen molar-refractivity contribution in [1.82, 2.24) is 0 Å². The Labute approximate surface area is 270 Å². The van der Waals surface area contributed by atoms with Crippen molar-refractivity contribution in [3.8, 4) is 11.5 Å². The molecule has 0 amide bonds. The molecule has 0 radical (unpaired) electrons. The number of fused-ring (bicyclic) bond motifs is 1.